The number of rotatable bonds is 8. The summed E-state index contributed by atoms with van der Waals surface area (Å²) in [6.07, 6.45) is 4.23. The minimum Gasteiger partial charge on any atom is -0.368 e. The second-order valence-electron chi connectivity index (χ2n) is 4.30. The van der Waals surface area contributed by atoms with Crippen LogP contribution >= 0.6 is 11.6 Å². The van der Waals surface area contributed by atoms with Crippen molar-refractivity contribution in [3.63, 3.8) is 0 Å². The Morgan fingerprint density at radius 3 is 3.00 bits per heavy atom. The Labute approximate surface area is 121 Å². The van der Waals surface area contributed by atoms with Crippen LogP contribution < -0.4 is 10.6 Å². The van der Waals surface area contributed by atoms with Gasteiger partial charge in [-0.2, -0.15) is 9.97 Å². The molecular weight excluding hydrogens is 280 g/mol. The highest BCUT2D eigenvalue weighted by Gasteiger charge is 2.12. The molecule has 0 unspecified atom stereocenters. The van der Waals surface area contributed by atoms with Crippen molar-refractivity contribution < 1.29 is 4.79 Å². The maximum atomic E-state index is 10.2. The first-order valence-corrected chi connectivity index (χ1v) is 6.93. The molecule has 2 aromatic heterocycles. The quantitative estimate of drug-likeness (QED) is 0.437. The molecule has 0 saturated carbocycles. The van der Waals surface area contributed by atoms with Crippen LogP contribution in [0, 0.1) is 0 Å². The van der Waals surface area contributed by atoms with Gasteiger partial charge in [0.15, 0.2) is 11.5 Å². The number of carbonyl (C=O) groups is 1. The van der Waals surface area contributed by atoms with Crippen LogP contribution in [0.15, 0.2) is 6.33 Å². The van der Waals surface area contributed by atoms with E-state index >= 15 is 0 Å². The lowest BCUT2D eigenvalue weighted by atomic mass is 10.4. The number of anilines is 1. The van der Waals surface area contributed by atoms with Crippen LogP contribution in [0.3, 0.4) is 0 Å². The SMILES string of the molecule is CCCn1cnc2nc(Cl)nc(NCCCNC=O)c21. The van der Waals surface area contributed by atoms with Gasteiger partial charge in [0.1, 0.15) is 5.52 Å². The fourth-order valence-electron chi connectivity index (χ4n) is 1.94. The second-order valence-corrected chi connectivity index (χ2v) is 4.64. The van der Waals surface area contributed by atoms with Gasteiger partial charge in [0.05, 0.1) is 6.33 Å². The van der Waals surface area contributed by atoms with E-state index in [-0.39, 0.29) is 5.28 Å². The molecule has 0 bridgehead atoms. The maximum Gasteiger partial charge on any atom is 0.226 e. The van der Waals surface area contributed by atoms with Gasteiger partial charge in [-0.3, -0.25) is 4.79 Å². The van der Waals surface area contributed by atoms with Crippen molar-refractivity contribution >= 4 is 35.0 Å². The first-order valence-electron chi connectivity index (χ1n) is 6.55. The maximum absolute atomic E-state index is 10.2. The second kappa shape index (κ2) is 7.04. The van der Waals surface area contributed by atoms with E-state index in [0.717, 1.165) is 24.9 Å². The highest BCUT2D eigenvalue weighted by atomic mass is 35.5. The highest BCUT2D eigenvalue weighted by molar-refractivity contribution is 6.28. The first-order chi connectivity index (χ1) is 9.76. The summed E-state index contributed by atoms with van der Waals surface area (Å²) in [5.41, 5.74) is 1.45. The lowest BCUT2D eigenvalue weighted by molar-refractivity contribution is -0.109. The monoisotopic (exact) mass is 296 g/mol. The van der Waals surface area contributed by atoms with Gasteiger partial charge in [-0.1, -0.05) is 6.92 Å². The molecule has 2 aromatic rings. The predicted molar refractivity (Wildman–Crippen MR) is 77.8 cm³/mol. The zero-order chi connectivity index (χ0) is 14.4. The smallest absolute Gasteiger partial charge is 0.226 e. The minimum atomic E-state index is 0.174. The molecule has 0 radical (unpaired) electrons. The molecule has 0 aliphatic heterocycles. The van der Waals surface area contributed by atoms with Crippen molar-refractivity contribution in [2.24, 2.45) is 0 Å². The standard InChI is InChI=1S/C12H17ClN6O/c1-2-6-19-7-16-11-9(19)10(17-12(13)18-11)15-5-3-4-14-8-20/h7-8H,2-6H2,1H3,(H,14,20)(H,15,17,18). The molecule has 0 aromatic carbocycles. The van der Waals surface area contributed by atoms with Gasteiger partial charge in [-0.15, -0.1) is 0 Å². The number of nitrogens with one attached hydrogen (secondary N) is 2. The van der Waals surface area contributed by atoms with Gasteiger partial charge < -0.3 is 15.2 Å². The number of aromatic nitrogens is 4. The average Bonchev–Trinajstić information content (AvgIpc) is 2.82. The number of fused-ring (bicyclic) bond motifs is 1. The molecule has 7 nitrogen and oxygen atoms in total. The molecule has 20 heavy (non-hydrogen) atoms. The molecule has 2 rings (SSSR count). The van der Waals surface area contributed by atoms with Crippen LogP contribution in [0.2, 0.25) is 5.28 Å². The Kier molecular flexibility index (Phi) is 5.11. The molecule has 0 saturated heterocycles. The Bertz CT molecular complexity index is 585. The van der Waals surface area contributed by atoms with E-state index in [1.807, 2.05) is 4.57 Å². The molecule has 2 heterocycles. The number of amides is 1. The highest BCUT2D eigenvalue weighted by Crippen LogP contribution is 2.21. The van der Waals surface area contributed by atoms with Gasteiger partial charge in [-0.05, 0) is 24.4 Å². The molecular formula is C12H17ClN6O. The summed E-state index contributed by atoms with van der Waals surface area (Å²) in [5, 5.41) is 6.01. The van der Waals surface area contributed by atoms with Crippen LogP contribution in [0.5, 0.6) is 0 Å². The zero-order valence-electron chi connectivity index (χ0n) is 11.3. The summed E-state index contributed by atoms with van der Waals surface area (Å²) in [7, 11) is 0. The summed E-state index contributed by atoms with van der Waals surface area (Å²) in [6.45, 7) is 4.25. The number of nitrogens with zero attached hydrogens (tertiary/aromatic N) is 4. The topological polar surface area (TPSA) is 84.7 Å². The molecule has 0 fully saturated rings. The molecule has 0 aliphatic carbocycles. The van der Waals surface area contributed by atoms with Crippen LogP contribution in [-0.2, 0) is 11.3 Å². The molecule has 2 N–H and O–H groups in total. The summed E-state index contributed by atoms with van der Waals surface area (Å²) >= 11 is 5.90. The summed E-state index contributed by atoms with van der Waals surface area (Å²) in [4.78, 5) is 22.8. The Hall–Kier alpha value is -1.89. The summed E-state index contributed by atoms with van der Waals surface area (Å²) in [5.74, 6) is 0.678. The van der Waals surface area contributed by atoms with E-state index in [0.29, 0.717) is 31.0 Å². The molecule has 1 amide bonds. The first kappa shape index (κ1) is 14.5. The van der Waals surface area contributed by atoms with Gasteiger partial charge in [0.2, 0.25) is 11.7 Å². The Morgan fingerprint density at radius 2 is 2.25 bits per heavy atom. The van der Waals surface area contributed by atoms with Gasteiger partial charge >= 0.3 is 0 Å². The minimum absolute atomic E-state index is 0.174. The van der Waals surface area contributed by atoms with E-state index in [2.05, 4.69) is 32.5 Å². The lowest BCUT2D eigenvalue weighted by Gasteiger charge is -2.09. The van der Waals surface area contributed by atoms with Crippen molar-refractivity contribution in [2.75, 3.05) is 18.4 Å². The molecule has 8 heteroatoms. The van der Waals surface area contributed by atoms with Crippen LogP contribution in [0.1, 0.15) is 19.8 Å². The van der Waals surface area contributed by atoms with Crippen LogP contribution in [0.4, 0.5) is 5.82 Å². The van der Waals surface area contributed by atoms with Gasteiger partial charge in [-0.25, -0.2) is 4.98 Å². The fraction of sp³-hybridized carbons (Fsp3) is 0.500. The van der Waals surface area contributed by atoms with Crippen molar-refractivity contribution in [1.82, 2.24) is 24.8 Å². The molecule has 0 atom stereocenters. The normalized spacial score (nSPS) is 10.7. The fourth-order valence-corrected chi connectivity index (χ4v) is 2.11. The van der Waals surface area contributed by atoms with Crippen LogP contribution in [-0.4, -0.2) is 39.0 Å². The Morgan fingerprint density at radius 1 is 1.40 bits per heavy atom. The number of imidazole rings is 1. The molecule has 0 aliphatic rings. The molecule has 108 valence electrons. The third-order valence-electron chi connectivity index (χ3n) is 2.78. The number of hydrogen-bond acceptors (Lipinski definition) is 5. The number of carbonyl (C=O) groups excluding carboxylic acids is 1. The Balaban J connectivity index is 2.17. The van der Waals surface area contributed by atoms with Crippen LogP contribution in [0.25, 0.3) is 11.2 Å². The molecule has 0 spiro atoms. The third-order valence-corrected chi connectivity index (χ3v) is 2.95. The number of hydrogen-bond donors (Lipinski definition) is 2. The van der Waals surface area contributed by atoms with E-state index in [9.17, 15) is 4.79 Å². The number of halogens is 1. The predicted octanol–water partition coefficient (Wildman–Crippen LogP) is 1.44. The van der Waals surface area contributed by atoms with Gasteiger partial charge in [0.25, 0.3) is 0 Å². The van der Waals surface area contributed by atoms with Crippen molar-refractivity contribution in [2.45, 2.75) is 26.3 Å². The average molecular weight is 297 g/mol. The van der Waals surface area contributed by atoms with E-state index in [1.54, 1.807) is 6.33 Å². The summed E-state index contributed by atoms with van der Waals surface area (Å²) < 4.78 is 2.01. The van der Waals surface area contributed by atoms with E-state index in [1.165, 1.54) is 0 Å². The van der Waals surface area contributed by atoms with Gasteiger partial charge in [0, 0.05) is 19.6 Å². The van der Waals surface area contributed by atoms with Crippen molar-refractivity contribution in [3.05, 3.63) is 11.6 Å². The zero-order valence-corrected chi connectivity index (χ0v) is 12.0. The third kappa shape index (κ3) is 3.36. The summed E-state index contributed by atoms with van der Waals surface area (Å²) in [6, 6.07) is 0. The van der Waals surface area contributed by atoms with E-state index in [4.69, 9.17) is 11.6 Å². The largest absolute Gasteiger partial charge is 0.368 e. The lowest BCUT2D eigenvalue weighted by Crippen LogP contribution is -2.16. The van der Waals surface area contributed by atoms with Crippen molar-refractivity contribution in [1.29, 1.82) is 0 Å². The van der Waals surface area contributed by atoms with E-state index < -0.39 is 0 Å². The van der Waals surface area contributed by atoms with Crippen molar-refractivity contribution in [3.8, 4) is 0 Å². The number of aryl methyl sites for hydroxylation is 1.